The Hall–Kier alpha value is -1.06. The molecule has 4 nitrogen and oxygen atoms in total. The standard InChI is InChI=1S/C16H30O4/c1-7-13(8-2)11-16(12(5)6,14(17)19-9-3)15(18)20-10-4/h12-13H,7-11H2,1-6H3. The van der Waals surface area contributed by atoms with Crippen molar-refractivity contribution in [3.63, 3.8) is 0 Å². The number of carbonyl (C=O) groups is 2. The Bertz CT molecular complexity index is 288. The molecule has 0 heterocycles. The van der Waals surface area contributed by atoms with Gasteiger partial charge in [0.2, 0.25) is 0 Å². The second-order valence-corrected chi connectivity index (χ2v) is 5.45. The molecule has 0 saturated heterocycles. The van der Waals surface area contributed by atoms with E-state index in [0.717, 1.165) is 12.8 Å². The highest BCUT2D eigenvalue weighted by molar-refractivity contribution is 6.00. The third-order valence-corrected chi connectivity index (χ3v) is 4.03. The van der Waals surface area contributed by atoms with E-state index >= 15 is 0 Å². The van der Waals surface area contributed by atoms with Crippen molar-refractivity contribution >= 4 is 11.9 Å². The largest absolute Gasteiger partial charge is 0.465 e. The van der Waals surface area contributed by atoms with Gasteiger partial charge in [-0.2, -0.15) is 0 Å². The Morgan fingerprint density at radius 3 is 1.55 bits per heavy atom. The lowest BCUT2D eigenvalue weighted by molar-refractivity contribution is -0.177. The molecule has 0 saturated carbocycles. The fraction of sp³-hybridized carbons (Fsp3) is 0.875. The smallest absolute Gasteiger partial charge is 0.323 e. The normalized spacial score (nSPS) is 11.8. The number of ether oxygens (including phenoxy) is 2. The third kappa shape index (κ3) is 4.22. The minimum absolute atomic E-state index is 0.152. The van der Waals surface area contributed by atoms with Crippen molar-refractivity contribution in [3.05, 3.63) is 0 Å². The van der Waals surface area contributed by atoms with Crippen LogP contribution in [0.3, 0.4) is 0 Å². The molecule has 0 atom stereocenters. The van der Waals surface area contributed by atoms with Crippen LogP contribution in [0.15, 0.2) is 0 Å². The predicted molar refractivity (Wildman–Crippen MR) is 79.2 cm³/mol. The van der Waals surface area contributed by atoms with Crippen LogP contribution in [0, 0.1) is 17.3 Å². The third-order valence-electron chi connectivity index (χ3n) is 4.03. The molecular formula is C16H30O4. The van der Waals surface area contributed by atoms with Crippen molar-refractivity contribution < 1.29 is 19.1 Å². The summed E-state index contributed by atoms with van der Waals surface area (Å²) >= 11 is 0. The lowest BCUT2D eigenvalue weighted by Crippen LogP contribution is -2.47. The monoisotopic (exact) mass is 286 g/mol. The van der Waals surface area contributed by atoms with Gasteiger partial charge in [-0.25, -0.2) is 0 Å². The van der Waals surface area contributed by atoms with Crippen molar-refractivity contribution in [1.29, 1.82) is 0 Å². The first-order chi connectivity index (χ1) is 9.40. The highest BCUT2D eigenvalue weighted by Crippen LogP contribution is 2.39. The van der Waals surface area contributed by atoms with E-state index in [4.69, 9.17) is 9.47 Å². The molecule has 0 aliphatic heterocycles. The summed E-state index contributed by atoms with van der Waals surface area (Å²) in [6, 6.07) is 0. The Kier molecular flexibility index (Phi) is 8.51. The summed E-state index contributed by atoms with van der Waals surface area (Å²) in [7, 11) is 0. The van der Waals surface area contributed by atoms with E-state index in [1.165, 1.54) is 0 Å². The highest BCUT2D eigenvalue weighted by atomic mass is 16.6. The molecule has 0 aromatic rings. The number of hydrogen-bond acceptors (Lipinski definition) is 4. The quantitative estimate of drug-likeness (QED) is 0.480. The zero-order valence-electron chi connectivity index (χ0n) is 13.8. The van der Waals surface area contributed by atoms with Gasteiger partial charge in [-0.1, -0.05) is 40.5 Å². The number of hydrogen-bond donors (Lipinski definition) is 0. The average molecular weight is 286 g/mol. The molecule has 4 heteroatoms. The topological polar surface area (TPSA) is 52.6 Å². The van der Waals surface area contributed by atoms with E-state index in [9.17, 15) is 9.59 Å². The summed E-state index contributed by atoms with van der Waals surface area (Å²) < 4.78 is 10.4. The van der Waals surface area contributed by atoms with Gasteiger partial charge >= 0.3 is 11.9 Å². The van der Waals surface area contributed by atoms with Crippen molar-refractivity contribution in [1.82, 2.24) is 0 Å². The summed E-state index contributed by atoms with van der Waals surface area (Å²) in [5.74, 6) is -0.729. The fourth-order valence-electron chi connectivity index (χ4n) is 2.51. The van der Waals surface area contributed by atoms with Crippen molar-refractivity contribution in [2.24, 2.45) is 17.3 Å². The highest BCUT2D eigenvalue weighted by Gasteiger charge is 2.52. The van der Waals surface area contributed by atoms with Crippen LogP contribution in [-0.4, -0.2) is 25.2 Å². The van der Waals surface area contributed by atoms with E-state index < -0.39 is 17.4 Å². The first-order valence-electron chi connectivity index (χ1n) is 7.74. The molecule has 118 valence electrons. The Morgan fingerprint density at radius 1 is 0.900 bits per heavy atom. The van der Waals surface area contributed by atoms with E-state index in [1.807, 2.05) is 13.8 Å². The van der Waals surface area contributed by atoms with Crippen LogP contribution in [0.4, 0.5) is 0 Å². The lowest BCUT2D eigenvalue weighted by Gasteiger charge is -2.35. The van der Waals surface area contributed by atoms with E-state index in [2.05, 4.69) is 13.8 Å². The van der Waals surface area contributed by atoms with Gasteiger partial charge in [0, 0.05) is 0 Å². The summed E-state index contributed by atoms with van der Waals surface area (Å²) in [4.78, 5) is 24.9. The van der Waals surface area contributed by atoms with Crippen LogP contribution < -0.4 is 0 Å². The lowest BCUT2D eigenvalue weighted by atomic mass is 9.70. The molecule has 0 spiro atoms. The fourth-order valence-corrected chi connectivity index (χ4v) is 2.51. The number of carbonyl (C=O) groups excluding carboxylic acids is 2. The second kappa shape index (κ2) is 8.98. The minimum Gasteiger partial charge on any atom is -0.465 e. The van der Waals surface area contributed by atoms with Crippen molar-refractivity contribution in [3.8, 4) is 0 Å². The van der Waals surface area contributed by atoms with Gasteiger partial charge in [-0.05, 0) is 32.1 Å². The number of esters is 2. The van der Waals surface area contributed by atoms with Crippen molar-refractivity contribution in [2.45, 2.75) is 60.8 Å². The Balaban J connectivity index is 5.55. The summed E-state index contributed by atoms with van der Waals surface area (Å²) in [6.45, 7) is 12.0. The SMILES string of the molecule is CCOC(=O)C(CC(CC)CC)(C(=O)OCC)C(C)C. The molecule has 0 aromatic carbocycles. The molecule has 0 radical (unpaired) electrons. The maximum atomic E-state index is 12.5. The molecule has 0 aliphatic carbocycles. The maximum Gasteiger partial charge on any atom is 0.323 e. The molecule has 0 rings (SSSR count). The van der Waals surface area contributed by atoms with Crippen LogP contribution >= 0.6 is 0 Å². The van der Waals surface area contributed by atoms with E-state index in [-0.39, 0.29) is 19.1 Å². The predicted octanol–water partition coefficient (Wildman–Crippen LogP) is 3.58. The summed E-state index contributed by atoms with van der Waals surface area (Å²) in [5, 5.41) is 0. The van der Waals surface area contributed by atoms with Crippen molar-refractivity contribution in [2.75, 3.05) is 13.2 Å². The first-order valence-corrected chi connectivity index (χ1v) is 7.74. The molecular weight excluding hydrogens is 256 g/mol. The van der Waals surface area contributed by atoms with Gasteiger partial charge < -0.3 is 9.47 Å². The van der Waals surface area contributed by atoms with Gasteiger partial charge in [-0.3, -0.25) is 9.59 Å². The van der Waals surface area contributed by atoms with Gasteiger partial charge in [0.25, 0.3) is 0 Å². The maximum absolute atomic E-state index is 12.5. The molecule has 0 amide bonds. The number of rotatable bonds is 9. The van der Waals surface area contributed by atoms with Gasteiger partial charge in [0.05, 0.1) is 13.2 Å². The molecule has 0 fully saturated rings. The molecule has 20 heavy (non-hydrogen) atoms. The average Bonchev–Trinajstić information content (AvgIpc) is 2.40. The van der Waals surface area contributed by atoms with Crippen LogP contribution in [-0.2, 0) is 19.1 Å². The molecule has 0 unspecified atom stereocenters. The van der Waals surface area contributed by atoms with Crippen LogP contribution in [0.5, 0.6) is 0 Å². The van der Waals surface area contributed by atoms with E-state index in [0.29, 0.717) is 12.3 Å². The zero-order chi connectivity index (χ0) is 15.8. The van der Waals surface area contributed by atoms with Gasteiger partial charge in [-0.15, -0.1) is 0 Å². The summed E-state index contributed by atoms with van der Waals surface area (Å²) in [6.07, 6.45) is 2.36. The van der Waals surface area contributed by atoms with Crippen LogP contribution in [0.25, 0.3) is 0 Å². The first kappa shape index (κ1) is 18.9. The van der Waals surface area contributed by atoms with Crippen LogP contribution in [0.1, 0.15) is 60.8 Å². The van der Waals surface area contributed by atoms with Gasteiger partial charge in [0.15, 0.2) is 5.41 Å². The van der Waals surface area contributed by atoms with Gasteiger partial charge in [0.1, 0.15) is 0 Å². The molecule has 0 aromatic heterocycles. The second-order valence-electron chi connectivity index (χ2n) is 5.45. The zero-order valence-corrected chi connectivity index (χ0v) is 13.8. The minimum atomic E-state index is -1.18. The Morgan fingerprint density at radius 2 is 1.30 bits per heavy atom. The van der Waals surface area contributed by atoms with Crippen LogP contribution in [0.2, 0.25) is 0 Å². The Labute approximate surface area is 123 Å². The molecule has 0 aliphatic rings. The molecule has 0 N–H and O–H groups in total. The molecule has 0 bridgehead atoms. The summed E-state index contributed by atoms with van der Waals surface area (Å²) in [5.41, 5.74) is -1.18. The van der Waals surface area contributed by atoms with E-state index in [1.54, 1.807) is 13.8 Å².